The van der Waals surface area contributed by atoms with Gasteiger partial charge in [-0.1, -0.05) is 20.8 Å². The molecule has 0 aromatic carbocycles. The zero-order chi connectivity index (χ0) is 15.8. The van der Waals surface area contributed by atoms with Crippen molar-refractivity contribution in [3.05, 3.63) is 10.6 Å². The molecule has 1 N–H and O–H groups in total. The van der Waals surface area contributed by atoms with Crippen molar-refractivity contribution < 1.29 is 0 Å². The van der Waals surface area contributed by atoms with E-state index in [4.69, 9.17) is 4.98 Å². The highest BCUT2D eigenvalue weighted by atomic mass is 32.1. The number of hydrogen-bond acceptors (Lipinski definition) is 4. The molecule has 2 atom stereocenters. The van der Waals surface area contributed by atoms with Crippen molar-refractivity contribution in [1.29, 1.82) is 0 Å². The summed E-state index contributed by atoms with van der Waals surface area (Å²) in [6, 6.07) is 0.620. The first-order chi connectivity index (χ1) is 9.67. The van der Waals surface area contributed by atoms with E-state index in [1.807, 2.05) is 11.3 Å². The van der Waals surface area contributed by atoms with Crippen molar-refractivity contribution in [2.75, 3.05) is 11.4 Å². The SMILES string of the molecule is CC1CC(C)N(c2nc(C(C)C)c(CNC(C)(C)C)s2)C1. The van der Waals surface area contributed by atoms with Gasteiger partial charge in [-0.3, -0.25) is 0 Å². The Hall–Kier alpha value is -0.610. The number of thiazole rings is 1. The summed E-state index contributed by atoms with van der Waals surface area (Å²) in [5.74, 6) is 1.27. The third kappa shape index (κ3) is 4.19. The fourth-order valence-corrected chi connectivity index (χ4v) is 4.23. The van der Waals surface area contributed by atoms with E-state index >= 15 is 0 Å². The zero-order valence-electron chi connectivity index (χ0n) is 14.7. The first-order valence-electron chi connectivity index (χ1n) is 8.18. The summed E-state index contributed by atoms with van der Waals surface area (Å²) in [7, 11) is 0. The van der Waals surface area contributed by atoms with Gasteiger partial charge in [0.2, 0.25) is 0 Å². The van der Waals surface area contributed by atoms with E-state index in [0.717, 1.165) is 19.0 Å². The van der Waals surface area contributed by atoms with E-state index in [0.29, 0.717) is 12.0 Å². The van der Waals surface area contributed by atoms with Gasteiger partial charge in [0.05, 0.1) is 5.69 Å². The van der Waals surface area contributed by atoms with Crippen LogP contribution >= 0.6 is 11.3 Å². The molecule has 1 aliphatic rings. The van der Waals surface area contributed by atoms with Gasteiger partial charge in [-0.05, 0) is 46.0 Å². The maximum atomic E-state index is 4.98. The van der Waals surface area contributed by atoms with Gasteiger partial charge in [-0.15, -0.1) is 11.3 Å². The molecule has 2 unspecified atom stereocenters. The van der Waals surface area contributed by atoms with Crippen molar-refractivity contribution in [1.82, 2.24) is 10.3 Å². The largest absolute Gasteiger partial charge is 0.345 e. The molecule has 21 heavy (non-hydrogen) atoms. The zero-order valence-corrected chi connectivity index (χ0v) is 15.5. The minimum Gasteiger partial charge on any atom is -0.345 e. The molecule has 0 bridgehead atoms. The van der Waals surface area contributed by atoms with Crippen molar-refractivity contribution in [2.24, 2.45) is 5.92 Å². The predicted molar refractivity (Wildman–Crippen MR) is 93.4 cm³/mol. The fraction of sp³-hybridized carbons (Fsp3) is 0.824. The molecule has 0 spiro atoms. The molecule has 0 radical (unpaired) electrons. The van der Waals surface area contributed by atoms with Crippen LogP contribution in [0.1, 0.15) is 71.4 Å². The van der Waals surface area contributed by atoms with Crippen LogP contribution in [0.25, 0.3) is 0 Å². The smallest absolute Gasteiger partial charge is 0.186 e. The van der Waals surface area contributed by atoms with Crippen LogP contribution in [-0.2, 0) is 6.54 Å². The van der Waals surface area contributed by atoms with Gasteiger partial charge in [0.25, 0.3) is 0 Å². The Labute approximate surface area is 134 Å². The molecule has 1 aromatic rings. The van der Waals surface area contributed by atoms with Crippen molar-refractivity contribution in [2.45, 2.75) is 78.9 Å². The number of aromatic nitrogens is 1. The lowest BCUT2D eigenvalue weighted by Gasteiger charge is -2.21. The third-order valence-corrected chi connectivity index (χ3v) is 5.18. The van der Waals surface area contributed by atoms with Gasteiger partial charge in [0.15, 0.2) is 5.13 Å². The molecule has 4 heteroatoms. The third-order valence-electron chi connectivity index (χ3n) is 4.07. The molecule has 1 saturated heterocycles. The standard InChI is InChI=1S/C17H31N3S/c1-11(2)15-14(9-18-17(5,6)7)21-16(19-15)20-10-12(3)8-13(20)4/h11-13,18H,8-10H2,1-7H3. The van der Waals surface area contributed by atoms with Crippen LogP contribution in [0.3, 0.4) is 0 Å². The Balaban J connectivity index is 2.21. The average molecular weight is 310 g/mol. The van der Waals surface area contributed by atoms with E-state index in [-0.39, 0.29) is 5.54 Å². The number of rotatable bonds is 4. The molecular weight excluding hydrogens is 278 g/mol. The summed E-state index contributed by atoms with van der Waals surface area (Å²) in [5.41, 5.74) is 1.42. The number of nitrogens with one attached hydrogen (secondary N) is 1. The lowest BCUT2D eigenvalue weighted by molar-refractivity contribution is 0.425. The van der Waals surface area contributed by atoms with Crippen molar-refractivity contribution >= 4 is 16.5 Å². The summed E-state index contributed by atoms with van der Waals surface area (Å²) in [5, 5.41) is 4.83. The summed E-state index contributed by atoms with van der Waals surface area (Å²) in [6.45, 7) is 17.9. The van der Waals surface area contributed by atoms with E-state index in [1.165, 1.54) is 22.1 Å². The summed E-state index contributed by atoms with van der Waals surface area (Å²) >= 11 is 1.88. The molecule has 3 nitrogen and oxygen atoms in total. The van der Waals surface area contributed by atoms with Gasteiger partial charge in [-0.25, -0.2) is 4.98 Å². The van der Waals surface area contributed by atoms with Crippen molar-refractivity contribution in [3.8, 4) is 0 Å². The Morgan fingerprint density at radius 1 is 1.33 bits per heavy atom. The average Bonchev–Trinajstić information content (AvgIpc) is 2.89. The lowest BCUT2D eigenvalue weighted by Crippen LogP contribution is -2.35. The number of anilines is 1. The van der Waals surface area contributed by atoms with Gasteiger partial charge >= 0.3 is 0 Å². The van der Waals surface area contributed by atoms with Crippen LogP contribution in [0.4, 0.5) is 5.13 Å². The van der Waals surface area contributed by atoms with E-state index < -0.39 is 0 Å². The lowest BCUT2D eigenvalue weighted by atomic mass is 10.1. The highest BCUT2D eigenvalue weighted by Gasteiger charge is 2.29. The van der Waals surface area contributed by atoms with Gasteiger partial charge in [0, 0.05) is 29.5 Å². The molecule has 120 valence electrons. The second kappa shape index (κ2) is 6.25. The molecule has 0 saturated carbocycles. The number of hydrogen-bond donors (Lipinski definition) is 1. The maximum Gasteiger partial charge on any atom is 0.186 e. The predicted octanol–water partition coefficient (Wildman–Crippen LogP) is 4.39. The van der Waals surface area contributed by atoms with Crippen LogP contribution in [0.15, 0.2) is 0 Å². The molecule has 0 aliphatic carbocycles. The first kappa shape index (κ1) is 16.8. The van der Waals surface area contributed by atoms with Crippen LogP contribution in [0, 0.1) is 5.92 Å². The Bertz CT molecular complexity index is 473. The molecule has 1 aliphatic heterocycles. The second-order valence-corrected chi connectivity index (χ2v) is 8.97. The summed E-state index contributed by atoms with van der Waals surface area (Å²) < 4.78 is 0. The van der Waals surface area contributed by atoms with E-state index in [9.17, 15) is 0 Å². The van der Waals surface area contributed by atoms with Crippen LogP contribution < -0.4 is 10.2 Å². The van der Waals surface area contributed by atoms with E-state index in [1.54, 1.807) is 0 Å². The highest BCUT2D eigenvalue weighted by Crippen LogP contribution is 2.35. The molecule has 2 heterocycles. The topological polar surface area (TPSA) is 28.2 Å². The maximum absolute atomic E-state index is 4.98. The monoisotopic (exact) mass is 309 g/mol. The minimum absolute atomic E-state index is 0.147. The molecular formula is C17H31N3S. The van der Waals surface area contributed by atoms with Gasteiger partial charge in [-0.2, -0.15) is 0 Å². The van der Waals surface area contributed by atoms with Crippen LogP contribution in [0.2, 0.25) is 0 Å². The van der Waals surface area contributed by atoms with Crippen LogP contribution in [-0.4, -0.2) is 23.1 Å². The van der Waals surface area contributed by atoms with Crippen LogP contribution in [0.5, 0.6) is 0 Å². The Morgan fingerprint density at radius 3 is 2.48 bits per heavy atom. The minimum atomic E-state index is 0.147. The molecule has 0 amide bonds. The second-order valence-electron chi connectivity index (χ2n) is 7.91. The highest BCUT2D eigenvalue weighted by molar-refractivity contribution is 7.15. The Kier molecular flexibility index (Phi) is 4.99. The summed E-state index contributed by atoms with van der Waals surface area (Å²) in [4.78, 5) is 8.89. The van der Waals surface area contributed by atoms with E-state index in [2.05, 4.69) is 58.7 Å². The molecule has 2 rings (SSSR count). The summed E-state index contributed by atoms with van der Waals surface area (Å²) in [6.07, 6.45) is 1.28. The fourth-order valence-electron chi connectivity index (χ4n) is 2.96. The van der Waals surface area contributed by atoms with Gasteiger partial charge < -0.3 is 10.2 Å². The van der Waals surface area contributed by atoms with Gasteiger partial charge in [0.1, 0.15) is 0 Å². The normalized spacial score (nSPS) is 23.3. The quantitative estimate of drug-likeness (QED) is 0.894. The molecule has 1 aromatic heterocycles. The van der Waals surface area contributed by atoms with Crippen molar-refractivity contribution in [3.63, 3.8) is 0 Å². The molecule has 1 fully saturated rings. The number of nitrogens with zero attached hydrogens (tertiary/aromatic N) is 2. The Morgan fingerprint density at radius 2 is 2.00 bits per heavy atom. The first-order valence-corrected chi connectivity index (χ1v) is 9.00.